The van der Waals surface area contributed by atoms with E-state index in [4.69, 9.17) is 9.98 Å². The lowest BCUT2D eigenvalue weighted by molar-refractivity contribution is 0.422. The predicted molar refractivity (Wildman–Crippen MR) is 217 cm³/mol. The second kappa shape index (κ2) is 11.0. The van der Waals surface area contributed by atoms with Gasteiger partial charge < -0.3 is 5.32 Å². The van der Waals surface area contributed by atoms with E-state index < -0.39 is 0 Å². The van der Waals surface area contributed by atoms with Crippen LogP contribution in [-0.4, -0.2) is 16.4 Å². The van der Waals surface area contributed by atoms with Gasteiger partial charge in [-0.25, -0.2) is 9.98 Å². The number of hydrogen-bond acceptors (Lipinski definition) is 3. The van der Waals surface area contributed by atoms with Crippen LogP contribution in [0.1, 0.15) is 55.5 Å². The van der Waals surface area contributed by atoms with E-state index in [1.54, 1.807) is 0 Å². The summed E-state index contributed by atoms with van der Waals surface area (Å²) in [6.07, 6.45) is 13.6. The van der Waals surface area contributed by atoms with E-state index >= 15 is 0 Å². The molecule has 0 bridgehead atoms. The topological polar surface area (TPSA) is 41.7 Å². The van der Waals surface area contributed by atoms with Gasteiger partial charge in [0.1, 0.15) is 5.84 Å². The molecule has 0 amide bonds. The summed E-state index contributed by atoms with van der Waals surface area (Å²) in [5.74, 6) is 2.27. The van der Waals surface area contributed by atoms with Crippen molar-refractivity contribution in [2.75, 3.05) is 0 Å². The molecule has 0 saturated carbocycles. The molecule has 250 valence electrons. The van der Waals surface area contributed by atoms with Crippen LogP contribution in [-0.2, 0) is 5.41 Å². The van der Waals surface area contributed by atoms with Crippen molar-refractivity contribution in [1.82, 2.24) is 9.88 Å². The zero-order valence-corrected chi connectivity index (χ0v) is 29.3. The fourth-order valence-electron chi connectivity index (χ4n) is 9.60. The number of hydrogen-bond donors (Lipinski definition) is 1. The Morgan fingerprint density at radius 2 is 1.33 bits per heavy atom. The highest BCUT2D eigenvalue weighted by Crippen LogP contribution is 2.54. The van der Waals surface area contributed by atoms with Gasteiger partial charge in [-0.05, 0) is 91.0 Å². The van der Waals surface area contributed by atoms with Crippen molar-refractivity contribution in [3.8, 4) is 0 Å². The minimum absolute atomic E-state index is 0.0586. The summed E-state index contributed by atoms with van der Waals surface area (Å²) < 4.78 is 2.35. The zero-order valence-electron chi connectivity index (χ0n) is 29.3. The van der Waals surface area contributed by atoms with E-state index in [1.807, 2.05) is 0 Å². The Morgan fingerprint density at radius 1 is 0.654 bits per heavy atom. The van der Waals surface area contributed by atoms with Crippen molar-refractivity contribution in [2.45, 2.75) is 44.2 Å². The Kier molecular flexibility index (Phi) is 6.28. The molecule has 0 radical (unpaired) electrons. The lowest BCUT2D eigenvalue weighted by Gasteiger charge is -2.30. The van der Waals surface area contributed by atoms with Gasteiger partial charge in [0.2, 0.25) is 5.96 Å². The van der Waals surface area contributed by atoms with Crippen molar-refractivity contribution in [3.63, 3.8) is 0 Å². The van der Waals surface area contributed by atoms with Gasteiger partial charge in [-0.2, -0.15) is 0 Å². The van der Waals surface area contributed by atoms with E-state index in [9.17, 15) is 0 Å². The van der Waals surface area contributed by atoms with Crippen LogP contribution >= 0.6 is 0 Å². The molecule has 0 fully saturated rings. The summed E-state index contributed by atoms with van der Waals surface area (Å²) in [7, 11) is 0. The number of para-hydroxylation sites is 1. The maximum absolute atomic E-state index is 5.35. The average Bonchev–Trinajstić information content (AvgIpc) is 3.64. The maximum Gasteiger partial charge on any atom is 0.211 e. The van der Waals surface area contributed by atoms with Gasteiger partial charge in [0, 0.05) is 22.3 Å². The standard InChI is InChI=1S/C48H38N4/c1-48(2)41-26-37-34-22-12-10-20-32(34)31-19-9-11-21-33(31)36(37)25-38(41)39-28-44-40(27-42(39)48)35-23-13-14-24-43(35)52(44)47-50-45(29-15-5-3-6-16-29)49-46(51-47)30-17-7-4-8-18-30/h3,5-7,9-28,38,41,45H,4,8H2,1-2H3,(H,49,50,51). The second-order valence-electron chi connectivity index (χ2n) is 15.3. The van der Waals surface area contributed by atoms with Crippen molar-refractivity contribution < 1.29 is 0 Å². The second-order valence-corrected chi connectivity index (χ2v) is 15.3. The number of allylic oxidation sites excluding steroid dienone is 2. The molecule has 4 heteroatoms. The van der Waals surface area contributed by atoms with E-state index in [-0.39, 0.29) is 17.5 Å². The third-order valence-electron chi connectivity index (χ3n) is 12.1. The Balaban J connectivity index is 1.16. The zero-order chi connectivity index (χ0) is 34.6. The van der Waals surface area contributed by atoms with Gasteiger partial charge in [0.05, 0.1) is 11.0 Å². The molecule has 4 nitrogen and oxygen atoms in total. The predicted octanol–water partition coefficient (Wildman–Crippen LogP) is 9.55. The Labute approximate surface area is 302 Å². The average molecular weight is 671 g/mol. The first-order valence-electron chi connectivity index (χ1n) is 18.6. The highest BCUT2D eigenvalue weighted by Gasteiger charge is 2.45. The lowest BCUT2D eigenvalue weighted by Crippen LogP contribution is -2.40. The smallest absolute Gasteiger partial charge is 0.211 e. The van der Waals surface area contributed by atoms with Gasteiger partial charge >= 0.3 is 0 Å². The Bertz CT molecular complexity index is 2920. The molecule has 6 aromatic carbocycles. The van der Waals surface area contributed by atoms with Gasteiger partial charge in [-0.15, -0.1) is 0 Å². The van der Waals surface area contributed by atoms with E-state index in [0.29, 0.717) is 5.92 Å². The number of benzene rings is 6. The fraction of sp³-hybridized carbons (Fsp3) is 0.167. The highest BCUT2D eigenvalue weighted by molar-refractivity contribution is 6.19. The van der Waals surface area contributed by atoms with E-state index in [1.165, 1.54) is 59.4 Å². The van der Waals surface area contributed by atoms with E-state index in [2.05, 4.69) is 169 Å². The number of amidine groups is 1. The lowest BCUT2D eigenvalue weighted by atomic mass is 9.73. The molecule has 1 aromatic heterocycles. The first kappa shape index (κ1) is 29.7. The van der Waals surface area contributed by atoms with E-state index in [0.717, 1.165) is 41.3 Å². The number of aliphatic imine (C=N–C) groups is 2. The number of fused-ring (bicyclic) bond motifs is 12. The van der Waals surface area contributed by atoms with Gasteiger partial charge in [-0.3, -0.25) is 4.57 Å². The Hall–Kier alpha value is -6.00. The first-order valence-corrected chi connectivity index (χ1v) is 18.6. The highest BCUT2D eigenvalue weighted by atomic mass is 15.3. The van der Waals surface area contributed by atoms with Crippen LogP contribution < -0.4 is 15.8 Å². The molecule has 52 heavy (non-hydrogen) atoms. The minimum Gasteiger partial charge on any atom is -0.310 e. The molecule has 11 rings (SSSR count). The van der Waals surface area contributed by atoms with Gasteiger partial charge in [-0.1, -0.05) is 141 Å². The SMILES string of the molecule is CC1(C)c2cc3c4ccccc4n(C4=NC(c5ccccc5)N=C(C5=CCCC=C5)N4)c3cc2C2C=c3c(c4ccccc4c4ccccc34)=CC21. The molecular weight excluding hydrogens is 633 g/mol. The summed E-state index contributed by atoms with van der Waals surface area (Å²) in [5, 5.41) is 14.3. The summed E-state index contributed by atoms with van der Waals surface area (Å²) in [4.78, 5) is 10.5. The van der Waals surface area contributed by atoms with Crippen molar-refractivity contribution in [2.24, 2.45) is 15.9 Å². The largest absolute Gasteiger partial charge is 0.310 e. The van der Waals surface area contributed by atoms with Gasteiger partial charge in [0.15, 0.2) is 6.17 Å². The quantitative estimate of drug-likeness (QED) is 0.183. The fourth-order valence-corrected chi connectivity index (χ4v) is 9.60. The van der Waals surface area contributed by atoms with Crippen LogP contribution in [0.25, 0.3) is 55.5 Å². The third kappa shape index (κ3) is 4.21. The number of nitrogens with zero attached hydrogens (tertiary/aromatic N) is 3. The molecule has 3 unspecified atom stereocenters. The normalized spacial score (nSPS) is 21.4. The molecule has 3 aliphatic carbocycles. The minimum atomic E-state index is -0.349. The molecule has 7 aromatic rings. The summed E-state index contributed by atoms with van der Waals surface area (Å²) in [5.41, 5.74) is 7.31. The molecule has 0 spiro atoms. The van der Waals surface area contributed by atoms with Crippen molar-refractivity contribution in [3.05, 3.63) is 166 Å². The first-order chi connectivity index (χ1) is 25.5. The summed E-state index contributed by atoms with van der Waals surface area (Å²) >= 11 is 0. The van der Waals surface area contributed by atoms with Crippen LogP contribution in [0.3, 0.4) is 0 Å². The molecule has 3 atom stereocenters. The third-order valence-corrected chi connectivity index (χ3v) is 12.1. The van der Waals surface area contributed by atoms with Crippen molar-refractivity contribution in [1.29, 1.82) is 0 Å². The molecular formula is C48H38N4. The molecule has 1 aliphatic heterocycles. The van der Waals surface area contributed by atoms with Crippen LogP contribution in [0.5, 0.6) is 0 Å². The molecule has 0 saturated heterocycles. The molecule has 2 heterocycles. The van der Waals surface area contributed by atoms with Crippen LogP contribution in [0, 0.1) is 5.92 Å². The summed E-state index contributed by atoms with van der Waals surface area (Å²) in [6.45, 7) is 4.90. The maximum atomic E-state index is 5.35. The van der Waals surface area contributed by atoms with Crippen LogP contribution in [0.4, 0.5) is 0 Å². The molecule has 1 N–H and O–H groups in total. The Morgan fingerprint density at radius 3 is 2.06 bits per heavy atom. The number of nitrogens with one attached hydrogen (secondary N) is 1. The van der Waals surface area contributed by atoms with Gasteiger partial charge in [0.25, 0.3) is 0 Å². The van der Waals surface area contributed by atoms with Crippen molar-refractivity contribution >= 4 is 67.3 Å². The number of rotatable bonds is 2. The monoisotopic (exact) mass is 670 g/mol. The molecule has 4 aliphatic rings. The number of aromatic nitrogens is 1. The summed E-state index contributed by atoms with van der Waals surface area (Å²) in [6, 6.07) is 42.1. The van der Waals surface area contributed by atoms with Crippen LogP contribution in [0.2, 0.25) is 0 Å². The van der Waals surface area contributed by atoms with Crippen LogP contribution in [0.15, 0.2) is 149 Å².